The Bertz CT molecular complexity index is 1250. The molecule has 0 aliphatic carbocycles. The molecule has 0 amide bonds. The number of imidazole rings is 1. The van der Waals surface area contributed by atoms with Gasteiger partial charge < -0.3 is 14.0 Å². The van der Waals surface area contributed by atoms with E-state index in [0.717, 1.165) is 28.3 Å². The van der Waals surface area contributed by atoms with Crippen LogP contribution < -0.4 is 0 Å². The van der Waals surface area contributed by atoms with Gasteiger partial charge in [-0.2, -0.15) is 4.31 Å². The second-order valence-electron chi connectivity index (χ2n) is 7.52. The van der Waals surface area contributed by atoms with Gasteiger partial charge in [-0.1, -0.05) is 23.9 Å². The predicted molar refractivity (Wildman–Crippen MR) is 127 cm³/mol. The molecule has 0 spiro atoms. The van der Waals surface area contributed by atoms with Gasteiger partial charge in [0, 0.05) is 25.4 Å². The number of fused-ring (bicyclic) bond motifs is 1. The number of benzene rings is 2. The van der Waals surface area contributed by atoms with Gasteiger partial charge in [0.25, 0.3) is 0 Å². The molecule has 10 heteroatoms. The number of rotatable bonds is 8. The lowest BCUT2D eigenvalue weighted by Crippen LogP contribution is -2.40. The summed E-state index contributed by atoms with van der Waals surface area (Å²) < 4.78 is 39.9. The fourth-order valence-electron chi connectivity index (χ4n) is 3.74. The van der Waals surface area contributed by atoms with Crippen molar-refractivity contribution < 1.29 is 22.7 Å². The summed E-state index contributed by atoms with van der Waals surface area (Å²) >= 11 is 1.54. The van der Waals surface area contributed by atoms with E-state index in [1.54, 1.807) is 37.3 Å². The normalized spacial score (nSPS) is 15.1. The Morgan fingerprint density at radius 1 is 1.15 bits per heavy atom. The highest BCUT2D eigenvalue weighted by Gasteiger charge is 2.26. The van der Waals surface area contributed by atoms with Gasteiger partial charge in [-0.25, -0.2) is 18.2 Å². The number of sulfonamides is 1. The van der Waals surface area contributed by atoms with Crippen molar-refractivity contribution in [2.45, 2.75) is 36.2 Å². The first-order valence-corrected chi connectivity index (χ1v) is 13.3. The van der Waals surface area contributed by atoms with Crippen LogP contribution in [0.15, 0.2) is 52.5 Å². The number of hydrogen-bond donors (Lipinski definition) is 0. The largest absolute Gasteiger partial charge is 0.462 e. The molecule has 4 rings (SSSR count). The zero-order chi connectivity index (χ0) is 23.4. The maximum absolute atomic E-state index is 13.0. The van der Waals surface area contributed by atoms with Crippen molar-refractivity contribution in [3.8, 4) is 0 Å². The van der Waals surface area contributed by atoms with E-state index in [1.165, 1.54) is 16.1 Å². The van der Waals surface area contributed by atoms with Crippen LogP contribution in [0.3, 0.4) is 0 Å². The number of hydrogen-bond acceptors (Lipinski definition) is 7. The molecule has 2 aromatic carbocycles. The molecular weight excluding hydrogens is 462 g/mol. The van der Waals surface area contributed by atoms with E-state index >= 15 is 0 Å². The summed E-state index contributed by atoms with van der Waals surface area (Å²) in [6.07, 6.45) is 0. The number of ether oxygens (including phenoxy) is 2. The zero-order valence-electron chi connectivity index (χ0n) is 18.7. The molecule has 33 heavy (non-hydrogen) atoms. The maximum Gasteiger partial charge on any atom is 0.338 e. The van der Waals surface area contributed by atoms with Crippen LogP contribution in [0.2, 0.25) is 0 Å². The Hall–Kier alpha value is -2.40. The molecule has 176 valence electrons. The second kappa shape index (κ2) is 10.3. The SMILES string of the molecule is CCOC(=O)c1ccc2c(c1)nc(SCc1cccc(S(=O)(=O)N3CCOCC3)c1)n2CC. The average molecular weight is 490 g/mol. The van der Waals surface area contributed by atoms with Gasteiger partial charge in [0.1, 0.15) is 0 Å². The minimum Gasteiger partial charge on any atom is -0.462 e. The van der Waals surface area contributed by atoms with Crippen LogP contribution in [0.5, 0.6) is 0 Å². The molecule has 0 atom stereocenters. The molecule has 1 saturated heterocycles. The molecule has 1 aliphatic heterocycles. The van der Waals surface area contributed by atoms with Gasteiger partial charge in [0.2, 0.25) is 10.0 Å². The summed E-state index contributed by atoms with van der Waals surface area (Å²) in [7, 11) is -3.54. The lowest BCUT2D eigenvalue weighted by Gasteiger charge is -2.26. The quantitative estimate of drug-likeness (QED) is 0.353. The van der Waals surface area contributed by atoms with Crippen LogP contribution in [0.1, 0.15) is 29.8 Å². The molecule has 8 nitrogen and oxygen atoms in total. The zero-order valence-corrected chi connectivity index (χ0v) is 20.3. The van der Waals surface area contributed by atoms with Gasteiger partial charge in [-0.3, -0.25) is 0 Å². The third kappa shape index (κ3) is 5.08. The summed E-state index contributed by atoms with van der Waals surface area (Å²) in [5, 5.41) is 0.815. The van der Waals surface area contributed by atoms with Crippen LogP contribution in [0.25, 0.3) is 11.0 Å². The standard InChI is InChI=1S/C23H27N3O5S2/c1-3-26-21-9-8-18(22(27)31-4-2)15-20(21)24-23(26)32-16-17-6-5-7-19(14-17)33(28,29)25-10-12-30-13-11-25/h5-9,14-15H,3-4,10-13,16H2,1-2H3. The van der Waals surface area contributed by atoms with Crippen molar-refractivity contribution in [1.29, 1.82) is 0 Å². The molecule has 1 aromatic heterocycles. The molecule has 0 unspecified atom stereocenters. The van der Waals surface area contributed by atoms with E-state index in [9.17, 15) is 13.2 Å². The molecular formula is C23H27N3O5S2. The number of nitrogens with zero attached hydrogens (tertiary/aromatic N) is 3. The van der Waals surface area contributed by atoms with E-state index < -0.39 is 10.0 Å². The van der Waals surface area contributed by atoms with Gasteiger partial charge in [0.15, 0.2) is 5.16 Å². The Morgan fingerprint density at radius 2 is 1.94 bits per heavy atom. The molecule has 3 aromatic rings. The predicted octanol–water partition coefficient (Wildman–Crippen LogP) is 3.55. The highest BCUT2D eigenvalue weighted by Crippen LogP contribution is 2.29. The first-order chi connectivity index (χ1) is 15.9. The van der Waals surface area contributed by atoms with Crippen molar-refractivity contribution in [3.05, 3.63) is 53.6 Å². The van der Waals surface area contributed by atoms with Crippen molar-refractivity contribution in [2.24, 2.45) is 0 Å². The maximum atomic E-state index is 13.0. The molecule has 0 N–H and O–H groups in total. The fourth-order valence-corrected chi connectivity index (χ4v) is 6.24. The van der Waals surface area contributed by atoms with E-state index in [2.05, 4.69) is 4.57 Å². The number of morpholine rings is 1. The third-order valence-electron chi connectivity index (χ3n) is 5.41. The highest BCUT2D eigenvalue weighted by atomic mass is 32.2. The minimum absolute atomic E-state index is 0.297. The van der Waals surface area contributed by atoms with Crippen molar-refractivity contribution >= 4 is 38.8 Å². The summed E-state index contributed by atoms with van der Waals surface area (Å²) in [4.78, 5) is 17.1. The summed E-state index contributed by atoms with van der Waals surface area (Å²) in [5.41, 5.74) is 3.05. The fraction of sp³-hybridized carbons (Fsp3) is 0.391. The number of aromatic nitrogens is 2. The van der Waals surface area contributed by atoms with Crippen LogP contribution >= 0.6 is 11.8 Å². The number of carbonyl (C=O) groups excluding carboxylic acids is 1. The van der Waals surface area contributed by atoms with Crippen LogP contribution in [-0.4, -0.2) is 61.2 Å². The van der Waals surface area contributed by atoms with Crippen molar-refractivity contribution in [3.63, 3.8) is 0 Å². The third-order valence-corrected chi connectivity index (χ3v) is 8.36. The number of aryl methyl sites for hydroxylation is 1. The molecule has 1 aliphatic rings. The van der Waals surface area contributed by atoms with Gasteiger partial charge >= 0.3 is 5.97 Å². The van der Waals surface area contributed by atoms with Gasteiger partial charge in [-0.05, 0) is 49.7 Å². The van der Waals surface area contributed by atoms with Crippen molar-refractivity contribution in [1.82, 2.24) is 13.9 Å². The Balaban J connectivity index is 1.54. The Kier molecular flexibility index (Phi) is 7.38. The number of thioether (sulfide) groups is 1. The number of carbonyl (C=O) groups is 1. The van der Waals surface area contributed by atoms with Gasteiger partial charge in [0.05, 0.1) is 41.3 Å². The monoisotopic (exact) mass is 489 g/mol. The molecule has 0 saturated carbocycles. The van der Waals surface area contributed by atoms with Crippen LogP contribution in [-0.2, 0) is 31.8 Å². The van der Waals surface area contributed by atoms with Gasteiger partial charge in [-0.15, -0.1) is 0 Å². The minimum atomic E-state index is -3.54. The topological polar surface area (TPSA) is 90.7 Å². The molecule has 0 radical (unpaired) electrons. The van der Waals surface area contributed by atoms with Crippen LogP contribution in [0, 0.1) is 0 Å². The van der Waals surface area contributed by atoms with E-state index in [1.807, 2.05) is 19.1 Å². The Morgan fingerprint density at radius 3 is 2.67 bits per heavy atom. The lowest BCUT2D eigenvalue weighted by atomic mass is 10.2. The van der Waals surface area contributed by atoms with E-state index in [-0.39, 0.29) is 5.97 Å². The number of esters is 1. The molecule has 0 bridgehead atoms. The first-order valence-electron chi connectivity index (χ1n) is 10.9. The summed E-state index contributed by atoms with van der Waals surface area (Å²) in [6, 6.07) is 12.5. The molecule has 2 heterocycles. The lowest BCUT2D eigenvalue weighted by molar-refractivity contribution is 0.0526. The van der Waals surface area contributed by atoms with Crippen LogP contribution in [0.4, 0.5) is 0 Å². The summed E-state index contributed by atoms with van der Waals surface area (Å²) in [5.74, 6) is 0.207. The van der Waals surface area contributed by atoms with Crippen molar-refractivity contribution in [2.75, 3.05) is 32.9 Å². The smallest absolute Gasteiger partial charge is 0.338 e. The Labute approximate surface area is 197 Å². The molecule has 1 fully saturated rings. The second-order valence-corrected chi connectivity index (χ2v) is 10.4. The average Bonchev–Trinajstić information content (AvgIpc) is 3.20. The first kappa shape index (κ1) is 23.7. The highest BCUT2D eigenvalue weighted by molar-refractivity contribution is 7.98. The van der Waals surface area contributed by atoms with E-state index in [4.69, 9.17) is 14.5 Å². The summed E-state index contributed by atoms with van der Waals surface area (Å²) in [6.45, 7) is 6.44. The van der Waals surface area contributed by atoms with E-state index in [0.29, 0.717) is 49.1 Å².